The molecule has 2 amide bonds. The average molecular weight is 408 g/mol. The van der Waals surface area contributed by atoms with Crippen LogP contribution in [0.3, 0.4) is 0 Å². The molecule has 1 saturated heterocycles. The maximum atomic E-state index is 12.5. The van der Waals surface area contributed by atoms with Crippen LogP contribution in [0.5, 0.6) is 0 Å². The molecule has 0 spiro atoms. The SMILES string of the molecule is CCN(CC(=O)Nc1ccc(N2CCOCC2)cc1)C(=O)c1ccc(Cl)s1. The van der Waals surface area contributed by atoms with Gasteiger partial charge in [-0.15, -0.1) is 11.3 Å². The second-order valence-electron chi connectivity index (χ2n) is 6.12. The third-order valence-corrected chi connectivity index (χ3v) is 5.53. The molecule has 0 atom stereocenters. The van der Waals surface area contributed by atoms with Gasteiger partial charge in [0.2, 0.25) is 5.91 Å². The number of nitrogens with one attached hydrogen (secondary N) is 1. The Morgan fingerprint density at radius 2 is 1.89 bits per heavy atom. The van der Waals surface area contributed by atoms with Gasteiger partial charge in [0.1, 0.15) is 6.54 Å². The smallest absolute Gasteiger partial charge is 0.264 e. The zero-order valence-electron chi connectivity index (χ0n) is 15.1. The van der Waals surface area contributed by atoms with Gasteiger partial charge in [0.25, 0.3) is 5.91 Å². The number of likely N-dealkylation sites (N-methyl/N-ethyl adjacent to an activating group) is 1. The molecular formula is C19H22ClN3O3S. The van der Waals surface area contributed by atoms with E-state index >= 15 is 0 Å². The topological polar surface area (TPSA) is 61.9 Å². The number of halogens is 1. The van der Waals surface area contributed by atoms with Gasteiger partial charge < -0.3 is 19.9 Å². The number of hydrogen-bond acceptors (Lipinski definition) is 5. The van der Waals surface area contributed by atoms with Gasteiger partial charge in [-0.1, -0.05) is 11.6 Å². The molecule has 0 bridgehead atoms. The molecule has 2 aromatic rings. The Morgan fingerprint density at radius 1 is 1.19 bits per heavy atom. The molecule has 1 aliphatic rings. The van der Waals surface area contributed by atoms with Crippen molar-refractivity contribution in [3.63, 3.8) is 0 Å². The minimum Gasteiger partial charge on any atom is -0.378 e. The van der Waals surface area contributed by atoms with E-state index in [9.17, 15) is 9.59 Å². The van der Waals surface area contributed by atoms with E-state index in [1.54, 1.807) is 12.1 Å². The number of carbonyl (C=O) groups excluding carboxylic acids is 2. The molecule has 3 rings (SSSR count). The fourth-order valence-electron chi connectivity index (χ4n) is 2.86. The summed E-state index contributed by atoms with van der Waals surface area (Å²) in [6.45, 7) is 5.48. The monoisotopic (exact) mass is 407 g/mol. The Balaban J connectivity index is 1.56. The van der Waals surface area contributed by atoms with Gasteiger partial charge in [0.15, 0.2) is 0 Å². The van der Waals surface area contributed by atoms with E-state index in [4.69, 9.17) is 16.3 Å². The van der Waals surface area contributed by atoms with E-state index in [1.807, 2.05) is 31.2 Å². The van der Waals surface area contributed by atoms with Gasteiger partial charge in [0.05, 0.1) is 22.4 Å². The zero-order chi connectivity index (χ0) is 19.2. The highest BCUT2D eigenvalue weighted by molar-refractivity contribution is 7.17. The number of benzene rings is 1. The maximum absolute atomic E-state index is 12.5. The number of carbonyl (C=O) groups is 2. The Bertz CT molecular complexity index is 788. The van der Waals surface area contributed by atoms with Crippen molar-refractivity contribution in [2.45, 2.75) is 6.92 Å². The molecule has 144 valence electrons. The molecule has 0 radical (unpaired) electrons. The Morgan fingerprint density at radius 3 is 2.48 bits per heavy atom. The summed E-state index contributed by atoms with van der Waals surface area (Å²) in [5.74, 6) is -0.417. The van der Waals surface area contributed by atoms with E-state index in [0.717, 1.165) is 32.0 Å². The number of amides is 2. The summed E-state index contributed by atoms with van der Waals surface area (Å²) in [4.78, 5) is 29.1. The van der Waals surface area contributed by atoms with E-state index < -0.39 is 0 Å². The number of anilines is 2. The van der Waals surface area contributed by atoms with E-state index in [0.29, 0.717) is 21.4 Å². The molecule has 1 fully saturated rings. The summed E-state index contributed by atoms with van der Waals surface area (Å²) in [7, 11) is 0. The lowest BCUT2D eigenvalue weighted by atomic mass is 10.2. The minimum atomic E-state index is -0.230. The fourth-order valence-corrected chi connectivity index (χ4v) is 3.87. The molecule has 1 aromatic carbocycles. The van der Waals surface area contributed by atoms with Crippen LogP contribution in [0.15, 0.2) is 36.4 Å². The number of rotatable bonds is 6. The van der Waals surface area contributed by atoms with Crippen molar-refractivity contribution in [2.75, 3.05) is 49.6 Å². The maximum Gasteiger partial charge on any atom is 0.264 e. The summed E-state index contributed by atoms with van der Waals surface area (Å²) >= 11 is 7.11. The Kier molecular flexibility index (Phi) is 6.71. The predicted molar refractivity (Wildman–Crippen MR) is 109 cm³/mol. The fraction of sp³-hybridized carbons (Fsp3) is 0.368. The van der Waals surface area contributed by atoms with Crippen LogP contribution in [0.25, 0.3) is 0 Å². The van der Waals surface area contributed by atoms with Crippen molar-refractivity contribution >= 4 is 46.1 Å². The number of nitrogens with zero attached hydrogens (tertiary/aromatic N) is 2. The first-order chi connectivity index (χ1) is 13.1. The third kappa shape index (κ3) is 5.22. The lowest BCUT2D eigenvalue weighted by Gasteiger charge is -2.29. The summed E-state index contributed by atoms with van der Waals surface area (Å²) in [6, 6.07) is 11.1. The highest BCUT2D eigenvalue weighted by Gasteiger charge is 2.19. The minimum absolute atomic E-state index is 0.00390. The number of morpholine rings is 1. The second-order valence-corrected chi connectivity index (χ2v) is 7.83. The average Bonchev–Trinajstić information content (AvgIpc) is 3.13. The van der Waals surface area contributed by atoms with Gasteiger partial charge in [0, 0.05) is 31.0 Å². The largest absolute Gasteiger partial charge is 0.378 e. The molecule has 0 saturated carbocycles. The number of hydrogen-bond donors (Lipinski definition) is 1. The quantitative estimate of drug-likeness (QED) is 0.797. The lowest BCUT2D eigenvalue weighted by molar-refractivity contribution is -0.116. The van der Waals surface area contributed by atoms with Crippen molar-refractivity contribution in [1.82, 2.24) is 4.90 Å². The van der Waals surface area contributed by atoms with Gasteiger partial charge in [-0.2, -0.15) is 0 Å². The molecule has 27 heavy (non-hydrogen) atoms. The zero-order valence-corrected chi connectivity index (χ0v) is 16.7. The lowest BCUT2D eigenvalue weighted by Crippen LogP contribution is -2.37. The third-order valence-electron chi connectivity index (χ3n) is 4.31. The number of ether oxygens (including phenoxy) is 1. The summed E-state index contributed by atoms with van der Waals surface area (Å²) in [5.41, 5.74) is 1.82. The van der Waals surface area contributed by atoms with Crippen LogP contribution in [0.2, 0.25) is 4.34 Å². The van der Waals surface area contributed by atoms with Crippen molar-refractivity contribution in [3.8, 4) is 0 Å². The van der Waals surface area contributed by atoms with Gasteiger partial charge in [-0.3, -0.25) is 9.59 Å². The molecule has 1 aromatic heterocycles. The van der Waals surface area contributed by atoms with Crippen molar-refractivity contribution in [2.24, 2.45) is 0 Å². The van der Waals surface area contributed by atoms with Crippen LogP contribution in [0, 0.1) is 0 Å². The normalized spacial score (nSPS) is 14.1. The van der Waals surface area contributed by atoms with E-state index in [-0.39, 0.29) is 18.4 Å². The first-order valence-corrected chi connectivity index (χ1v) is 10.0. The molecule has 0 aliphatic carbocycles. The van der Waals surface area contributed by atoms with Gasteiger partial charge >= 0.3 is 0 Å². The van der Waals surface area contributed by atoms with Crippen molar-refractivity contribution in [1.29, 1.82) is 0 Å². The first-order valence-electron chi connectivity index (χ1n) is 8.84. The van der Waals surface area contributed by atoms with Crippen LogP contribution in [0.1, 0.15) is 16.6 Å². The molecule has 0 unspecified atom stereocenters. The van der Waals surface area contributed by atoms with Crippen LogP contribution in [0.4, 0.5) is 11.4 Å². The molecule has 1 aliphatic heterocycles. The van der Waals surface area contributed by atoms with Crippen LogP contribution in [-0.2, 0) is 9.53 Å². The summed E-state index contributed by atoms with van der Waals surface area (Å²) in [6.07, 6.45) is 0. The molecule has 1 N–H and O–H groups in total. The van der Waals surface area contributed by atoms with Gasteiger partial charge in [-0.25, -0.2) is 0 Å². The summed E-state index contributed by atoms with van der Waals surface area (Å²) in [5, 5.41) is 2.85. The molecule has 8 heteroatoms. The van der Waals surface area contributed by atoms with Gasteiger partial charge in [-0.05, 0) is 43.3 Å². The van der Waals surface area contributed by atoms with Crippen molar-refractivity contribution in [3.05, 3.63) is 45.6 Å². The van der Waals surface area contributed by atoms with Crippen LogP contribution >= 0.6 is 22.9 Å². The first kappa shape index (κ1) is 19.7. The predicted octanol–water partition coefficient (Wildman–Crippen LogP) is 3.34. The van der Waals surface area contributed by atoms with E-state index in [1.165, 1.54) is 16.2 Å². The Hall–Kier alpha value is -2.09. The van der Waals surface area contributed by atoms with Crippen LogP contribution < -0.4 is 10.2 Å². The second kappa shape index (κ2) is 9.21. The van der Waals surface area contributed by atoms with Crippen LogP contribution in [-0.4, -0.2) is 56.1 Å². The number of thiophene rings is 1. The summed E-state index contributed by atoms with van der Waals surface area (Å²) < 4.78 is 5.92. The Labute approximate surface area is 167 Å². The highest BCUT2D eigenvalue weighted by atomic mass is 35.5. The standard InChI is InChI=1S/C19H22ClN3O3S/c1-2-22(19(25)16-7-8-17(20)27-16)13-18(24)21-14-3-5-15(6-4-14)23-9-11-26-12-10-23/h3-8H,2,9-13H2,1H3,(H,21,24). The highest BCUT2D eigenvalue weighted by Crippen LogP contribution is 2.23. The van der Waals surface area contributed by atoms with E-state index in [2.05, 4.69) is 10.2 Å². The molecule has 2 heterocycles. The molecule has 6 nitrogen and oxygen atoms in total. The van der Waals surface area contributed by atoms with Crippen molar-refractivity contribution < 1.29 is 14.3 Å². The molecular weight excluding hydrogens is 386 g/mol.